The third-order valence-corrected chi connectivity index (χ3v) is 3.49. The van der Waals surface area contributed by atoms with Crippen molar-refractivity contribution in [3.05, 3.63) is 12.7 Å². The number of aliphatic hydroxyl groups excluding tert-OH is 1. The summed E-state index contributed by atoms with van der Waals surface area (Å²) in [6.45, 7) is 3.57. The summed E-state index contributed by atoms with van der Waals surface area (Å²) in [6, 6.07) is 0. The van der Waals surface area contributed by atoms with Gasteiger partial charge in [-0.05, 0) is 19.3 Å². The molecule has 0 amide bonds. The van der Waals surface area contributed by atoms with Gasteiger partial charge in [0, 0.05) is 14.2 Å². The first-order valence-corrected chi connectivity index (χ1v) is 7.60. The van der Waals surface area contributed by atoms with Crippen molar-refractivity contribution in [2.24, 2.45) is 0 Å². The second-order valence-electron chi connectivity index (χ2n) is 5.11. The summed E-state index contributed by atoms with van der Waals surface area (Å²) in [4.78, 5) is 0. The van der Waals surface area contributed by atoms with Gasteiger partial charge in [0.15, 0.2) is 6.29 Å². The van der Waals surface area contributed by atoms with E-state index in [-0.39, 0.29) is 12.4 Å². The van der Waals surface area contributed by atoms with E-state index in [1.807, 2.05) is 0 Å². The number of rotatable bonds is 14. The SMILES string of the molecule is C=CC(O)CCCCCCCCCCC(OC)OC. The second-order valence-corrected chi connectivity index (χ2v) is 5.11. The van der Waals surface area contributed by atoms with E-state index in [9.17, 15) is 5.11 Å². The fraction of sp³-hybridized carbons (Fsp3) is 0.875. The van der Waals surface area contributed by atoms with Gasteiger partial charge in [-0.3, -0.25) is 0 Å². The number of hydrogen-bond donors (Lipinski definition) is 1. The lowest BCUT2D eigenvalue weighted by Crippen LogP contribution is -2.12. The van der Waals surface area contributed by atoms with Crippen molar-refractivity contribution in [3.8, 4) is 0 Å². The molecule has 0 aliphatic carbocycles. The van der Waals surface area contributed by atoms with Crippen molar-refractivity contribution in [1.29, 1.82) is 0 Å². The Morgan fingerprint density at radius 1 is 0.842 bits per heavy atom. The van der Waals surface area contributed by atoms with Gasteiger partial charge in [0.1, 0.15) is 0 Å². The van der Waals surface area contributed by atoms with E-state index >= 15 is 0 Å². The summed E-state index contributed by atoms with van der Waals surface area (Å²) >= 11 is 0. The molecule has 0 saturated heterocycles. The molecule has 0 saturated carbocycles. The summed E-state index contributed by atoms with van der Waals surface area (Å²) in [6.07, 6.45) is 13.1. The number of hydrogen-bond acceptors (Lipinski definition) is 3. The molecule has 0 rings (SSSR count). The molecule has 0 aliphatic rings. The average Bonchev–Trinajstić information content (AvgIpc) is 2.44. The maximum atomic E-state index is 9.30. The average molecular weight is 272 g/mol. The highest BCUT2D eigenvalue weighted by atomic mass is 16.7. The van der Waals surface area contributed by atoms with Gasteiger partial charge >= 0.3 is 0 Å². The highest BCUT2D eigenvalue weighted by Gasteiger charge is 2.03. The van der Waals surface area contributed by atoms with Crippen LogP contribution in [0.5, 0.6) is 0 Å². The normalized spacial score (nSPS) is 12.8. The van der Waals surface area contributed by atoms with Crippen LogP contribution in [0.2, 0.25) is 0 Å². The smallest absolute Gasteiger partial charge is 0.156 e. The summed E-state index contributed by atoms with van der Waals surface area (Å²) in [5.74, 6) is 0. The zero-order valence-electron chi connectivity index (χ0n) is 12.8. The van der Waals surface area contributed by atoms with Crippen LogP contribution in [0, 0.1) is 0 Å². The Balaban J connectivity index is 3.12. The number of aliphatic hydroxyl groups is 1. The molecule has 0 aliphatic heterocycles. The molecule has 1 atom stereocenters. The molecule has 19 heavy (non-hydrogen) atoms. The summed E-state index contributed by atoms with van der Waals surface area (Å²) < 4.78 is 10.3. The third kappa shape index (κ3) is 12.4. The van der Waals surface area contributed by atoms with Crippen LogP contribution >= 0.6 is 0 Å². The standard InChI is InChI=1S/C16H32O3/c1-4-15(17)13-11-9-7-5-6-8-10-12-14-16(18-2)19-3/h4,15-17H,1,5-14H2,2-3H3. The Morgan fingerprint density at radius 3 is 1.68 bits per heavy atom. The van der Waals surface area contributed by atoms with Crippen molar-refractivity contribution in [2.75, 3.05) is 14.2 Å². The summed E-state index contributed by atoms with van der Waals surface area (Å²) in [5, 5.41) is 9.30. The minimum atomic E-state index is -0.311. The fourth-order valence-corrected chi connectivity index (χ4v) is 2.17. The highest BCUT2D eigenvalue weighted by Crippen LogP contribution is 2.13. The van der Waals surface area contributed by atoms with E-state index in [1.54, 1.807) is 20.3 Å². The quantitative estimate of drug-likeness (QED) is 0.294. The molecule has 1 unspecified atom stereocenters. The molecule has 3 heteroatoms. The zero-order valence-corrected chi connectivity index (χ0v) is 12.8. The van der Waals surface area contributed by atoms with E-state index in [4.69, 9.17) is 9.47 Å². The van der Waals surface area contributed by atoms with E-state index in [0.717, 1.165) is 19.3 Å². The van der Waals surface area contributed by atoms with Crippen molar-refractivity contribution in [2.45, 2.75) is 76.6 Å². The summed E-state index contributed by atoms with van der Waals surface area (Å²) in [5.41, 5.74) is 0. The van der Waals surface area contributed by atoms with Crippen LogP contribution in [-0.4, -0.2) is 31.7 Å². The molecular formula is C16H32O3. The first-order valence-electron chi connectivity index (χ1n) is 7.60. The van der Waals surface area contributed by atoms with Crippen LogP contribution in [0.1, 0.15) is 64.2 Å². The van der Waals surface area contributed by atoms with Crippen LogP contribution in [0.4, 0.5) is 0 Å². The van der Waals surface area contributed by atoms with Crippen molar-refractivity contribution >= 4 is 0 Å². The molecule has 0 fully saturated rings. The van der Waals surface area contributed by atoms with Crippen molar-refractivity contribution < 1.29 is 14.6 Å². The lowest BCUT2D eigenvalue weighted by molar-refractivity contribution is -0.107. The lowest BCUT2D eigenvalue weighted by atomic mass is 10.0. The van der Waals surface area contributed by atoms with Gasteiger partial charge in [-0.1, -0.05) is 51.0 Å². The van der Waals surface area contributed by atoms with Gasteiger partial charge in [-0.25, -0.2) is 0 Å². The molecule has 0 aromatic rings. The van der Waals surface area contributed by atoms with Crippen molar-refractivity contribution in [1.82, 2.24) is 0 Å². The van der Waals surface area contributed by atoms with E-state index < -0.39 is 0 Å². The van der Waals surface area contributed by atoms with Gasteiger partial charge in [-0.15, -0.1) is 6.58 Å². The zero-order chi connectivity index (χ0) is 14.3. The molecule has 1 N–H and O–H groups in total. The molecule has 0 heterocycles. The maximum absolute atomic E-state index is 9.30. The van der Waals surface area contributed by atoms with Gasteiger partial charge in [0.2, 0.25) is 0 Å². The molecule has 0 aromatic heterocycles. The number of unbranched alkanes of at least 4 members (excludes halogenated alkanes) is 7. The number of ether oxygens (including phenoxy) is 2. The van der Waals surface area contributed by atoms with E-state index in [2.05, 4.69) is 6.58 Å². The third-order valence-electron chi connectivity index (χ3n) is 3.49. The topological polar surface area (TPSA) is 38.7 Å². The van der Waals surface area contributed by atoms with Gasteiger partial charge < -0.3 is 14.6 Å². The predicted molar refractivity (Wildman–Crippen MR) is 80.2 cm³/mol. The Labute approximate surface area is 119 Å². The summed E-state index contributed by atoms with van der Waals surface area (Å²) in [7, 11) is 3.38. The minimum absolute atomic E-state index is 0.0312. The van der Waals surface area contributed by atoms with E-state index in [0.29, 0.717) is 0 Å². The molecule has 0 radical (unpaired) electrons. The number of methoxy groups -OCH3 is 2. The van der Waals surface area contributed by atoms with Crippen LogP contribution < -0.4 is 0 Å². The van der Waals surface area contributed by atoms with Crippen LogP contribution in [-0.2, 0) is 9.47 Å². The molecule has 114 valence electrons. The highest BCUT2D eigenvalue weighted by molar-refractivity contribution is 4.77. The minimum Gasteiger partial charge on any atom is -0.389 e. The molecule has 0 spiro atoms. The van der Waals surface area contributed by atoms with Gasteiger partial charge in [0.25, 0.3) is 0 Å². The van der Waals surface area contributed by atoms with E-state index in [1.165, 1.54) is 44.9 Å². The second kappa shape index (κ2) is 14.0. The van der Waals surface area contributed by atoms with Gasteiger partial charge in [0.05, 0.1) is 6.10 Å². The predicted octanol–water partition coefficient (Wildman–Crippen LogP) is 4.05. The molecule has 0 bridgehead atoms. The monoisotopic (exact) mass is 272 g/mol. The first kappa shape index (κ1) is 18.6. The molecule has 3 nitrogen and oxygen atoms in total. The molecule has 0 aromatic carbocycles. The van der Waals surface area contributed by atoms with Crippen LogP contribution in [0.15, 0.2) is 12.7 Å². The van der Waals surface area contributed by atoms with Crippen molar-refractivity contribution in [3.63, 3.8) is 0 Å². The Hall–Kier alpha value is -0.380. The largest absolute Gasteiger partial charge is 0.389 e. The Morgan fingerprint density at radius 2 is 1.26 bits per heavy atom. The fourth-order valence-electron chi connectivity index (χ4n) is 2.17. The van der Waals surface area contributed by atoms with Crippen LogP contribution in [0.3, 0.4) is 0 Å². The van der Waals surface area contributed by atoms with Crippen LogP contribution in [0.25, 0.3) is 0 Å². The Kier molecular flexibility index (Phi) is 13.8. The maximum Gasteiger partial charge on any atom is 0.156 e. The molecular weight excluding hydrogens is 240 g/mol. The first-order chi connectivity index (χ1) is 9.24. The van der Waals surface area contributed by atoms with Gasteiger partial charge in [-0.2, -0.15) is 0 Å². The lowest BCUT2D eigenvalue weighted by Gasteiger charge is -2.12. The Bertz CT molecular complexity index is 190.